The van der Waals surface area contributed by atoms with E-state index < -0.39 is 17.9 Å². The molecule has 3 aromatic rings. The van der Waals surface area contributed by atoms with Gasteiger partial charge in [0.05, 0.1) is 11.1 Å². The van der Waals surface area contributed by atoms with Gasteiger partial charge in [-0.3, -0.25) is 19.3 Å². The SMILES string of the molecule is O=C(NCCCc1ccccc1)[C@H](Cc1ccccc1)N1C(=O)c2ccccc2C1=O. The van der Waals surface area contributed by atoms with Gasteiger partial charge in [-0.25, -0.2) is 0 Å². The van der Waals surface area contributed by atoms with Gasteiger partial charge in [-0.2, -0.15) is 0 Å². The van der Waals surface area contributed by atoms with Crippen LogP contribution in [0.1, 0.15) is 38.3 Å². The molecule has 0 spiro atoms. The van der Waals surface area contributed by atoms with Crippen LogP contribution in [0.2, 0.25) is 0 Å². The summed E-state index contributed by atoms with van der Waals surface area (Å²) in [6, 6.07) is 25.3. The van der Waals surface area contributed by atoms with Gasteiger partial charge in [0, 0.05) is 13.0 Å². The summed E-state index contributed by atoms with van der Waals surface area (Å²) in [7, 11) is 0. The lowest BCUT2D eigenvalue weighted by Crippen LogP contribution is -2.51. The molecule has 5 heteroatoms. The van der Waals surface area contributed by atoms with Crippen molar-refractivity contribution in [2.75, 3.05) is 6.54 Å². The summed E-state index contributed by atoms with van der Waals surface area (Å²) >= 11 is 0. The number of carbonyl (C=O) groups excluding carboxylic acids is 3. The summed E-state index contributed by atoms with van der Waals surface area (Å²) < 4.78 is 0. The number of carbonyl (C=O) groups is 3. The van der Waals surface area contributed by atoms with Crippen LogP contribution in [0.4, 0.5) is 0 Å². The number of hydrogen-bond acceptors (Lipinski definition) is 3. The molecule has 5 nitrogen and oxygen atoms in total. The summed E-state index contributed by atoms with van der Waals surface area (Å²) in [5.41, 5.74) is 2.80. The number of imide groups is 1. The molecule has 3 amide bonds. The molecular weight excluding hydrogens is 388 g/mol. The molecule has 1 aliphatic rings. The van der Waals surface area contributed by atoms with Gasteiger partial charge in [0.25, 0.3) is 11.8 Å². The van der Waals surface area contributed by atoms with E-state index in [2.05, 4.69) is 17.4 Å². The topological polar surface area (TPSA) is 66.5 Å². The van der Waals surface area contributed by atoms with Crippen molar-refractivity contribution in [3.05, 3.63) is 107 Å². The normalized spacial score (nSPS) is 13.7. The van der Waals surface area contributed by atoms with Crippen LogP contribution >= 0.6 is 0 Å². The number of rotatable bonds is 8. The van der Waals surface area contributed by atoms with Crippen molar-refractivity contribution < 1.29 is 14.4 Å². The van der Waals surface area contributed by atoms with Gasteiger partial charge in [-0.15, -0.1) is 0 Å². The molecule has 0 aliphatic carbocycles. The molecule has 0 aromatic heterocycles. The molecule has 0 fully saturated rings. The maximum atomic E-state index is 13.1. The second-order valence-corrected chi connectivity index (χ2v) is 7.61. The lowest BCUT2D eigenvalue weighted by molar-refractivity contribution is -0.125. The fourth-order valence-corrected chi connectivity index (χ4v) is 3.90. The Balaban J connectivity index is 1.49. The number of amides is 3. The van der Waals surface area contributed by atoms with Gasteiger partial charge in [0.2, 0.25) is 5.91 Å². The van der Waals surface area contributed by atoms with Crippen LogP contribution in [0.3, 0.4) is 0 Å². The first-order valence-electron chi connectivity index (χ1n) is 10.5. The summed E-state index contributed by atoms with van der Waals surface area (Å²) in [6.07, 6.45) is 1.89. The van der Waals surface area contributed by atoms with Crippen molar-refractivity contribution >= 4 is 17.7 Å². The highest BCUT2D eigenvalue weighted by molar-refractivity contribution is 6.22. The number of nitrogens with zero attached hydrogens (tertiary/aromatic N) is 1. The predicted octanol–water partition coefficient (Wildman–Crippen LogP) is 3.64. The lowest BCUT2D eigenvalue weighted by atomic mass is 10.0. The second kappa shape index (κ2) is 9.39. The van der Waals surface area contributed by atoms with Gasteiger partial charge < -0.3 is 5.32 Å². The molecule has 0 bridgehead atoms. The van der Waals surface area contributed by atoms with Crippen LogP contribution in [-0.4, -0.2) is 35.2 Å². The maximum absolute atomic E-state index is 13.1. The maximum Gasteiger partial charge on any atom is 0.262 e. The van der Waals surface area contributed by atoms with Crippen molar-refractivity contribution in [3.8, 4) is 0 Å². The third-order valence-electron chi connectivity index (χ3n) is 5.50. The molecule has 4 rings (SSSR count). The average Bonchev–Trinajstić information content (AvgIpc) is 3.06. The van der Waals surface area contributed by atoms with Gasteiger partial charge >= 0.3 is 0 Å². The van der Waals surface area contributed by atoms with Crippen molar-refractivity contribution in [1.29, 1.82) is 0 Å². The third-order valence-corrected chi connectivity index (χ3v) is 5.50. The van der Waals surface area contributed by atoms with Crippen molar-refractivity contribution in [2.45, 2.75) is 25.3 Å². The molecule has 1 aliphatic heterocycles. The van der Waals surface area contributed by atoms with Crippen LogP contribution in [0.5, 0.6) is 0 Å². The predicted molar refractivity (Wildman–Crippen MR) is 119 cm³/mol. The average molecular weight is 412 g/mol. The van der Waals surface area contributed by atoms with Crippen LogP contribution in [0, 0.1) is 0 Å². The van der Waals surface area contributed by atoms with Gasteiger partial charge in [-0.05, 0) is 36.1 Å². The Morgan fingerprint density at radius 3 is 1.84 bits per heavy atom. The standard InChI is InChI=1S/C26H24N2O3/c29-24(27-17-9-14-19-10-3-1-4-11-19)23(18-20-12-5-2-6-13-20)28-25(30)21-15-7-8-16-22(21)26(28)31/h1-8,10-13,15-16,23H,9,14,17-18H2,(H,27,29)/t23-/m0/s1. The summed E-state index contributed by atoms with van der Waals surface area (Å²) in [5, 5.41) is 2.93. The van der Waals surface area contributed by atoms with E-state index in [0.717, 1.165) is 23.3 Å². The Bertz CT molecular complexity index is 1050. The number of fused-ring (bicyclic) bond motifs is 1. The summed E-state index contributed by atoms with van der Waals surface area (Å²) in [5.74, 6) is -1.15. The molecule has 1 atom stereocenters. The minimum Gasteiger partial charge on any atom is -0.354 e. The largest absolute Gasteiger partial charge is 0.354 e. The zero-order valence-electron chi connectivity index (χ0n) is 17.2. The quantitative estimate of drug-likeness (QED) is 0.454. The lowest BCUT2D eigenvalue weighted by Gasteiger charge is -2.25. The van der Waals surface area contributed by atoms with E-state index in [1.807, 2.05) is 48.5 Å². The summed E-state index contributed by atoms with van der Waals surface area (Å²) in [4.78, 5) is 40.2. The molecule has 0 radical (unpaired) electrons. The van der Waals surface area contributed by atoms with Gasteiger partial charge in [-0.1, -0.05) is 72.8 Å². The molecule has 0 unspecified atom stereocenters. The smallest absolute Gasteiger partial charge is 0.262 e. The van der Waals surface area contributed by atoms with E-state index in [-0.39, 0.29) is 12.3 Å². The molecular formula is C26H24N2O3. The second-order valence-electron chi connectivity index (χ2n) is 7.61. The Labute approximate surface area is 181 Å². The molecule has 156 valence electrons. The fraction of sp³-hybridized carbons (Fsp3) is 0.192. The zero-order chi connectivity index (χ0) is 21.6. The highest BCUT2D eigenvalue weighted by Gasteiger charge is 2.42. The van der Waals surface area contributed by atoms with Crippen molar-refractivity contribution in [3.63, 3.8) is 0 Å². The molecule has 1 heterocycles. The van der Waals surface area contributed by atoms with E-state index in [1.54, 1.807) is 24.3 Å². The number of benzene rings is 3. The first-order valence-corrected chi connectivity index (χ1v) is 10.5. The fourth-order valence-electron chi connectivity index (χ4n) is 3.90. The van der Waals surface area contributed by atoms with Crippen LogP contribution in [0.15, 0.2) is 84.9 Å². The van der Waals surface area contributed by atoms with Gasteiger partial charge in [0.15, 0.2) is 0 Å². The van der Waals surface area contributed by atoms with E-state index in [4.69, 9.17) is 0 Å². The zero-order valence-corrected chi connectivity index (χ0v) is 17.2. The van der Waals surface area contributed by atoms with Crippen molar-refractivity contribution in [2.24, 2.45) is 0 Å². The highest BCUT2D eigenvalue weighted by Crippen LogP contribution is 2.26. The number of hydrogen-bond donors (Lipinski definition) is 1. The monoisotopic (exact) mass is 412 g/mol. The third kappa shape index (κ3) is 4.56. The van der Waals surface area contributed by atoms with E-state index >= 15 is 0 Å². The van der Waals surface area contributed by atoms with E-state index in [0.29, 0.717) is 17.7 Å². The minimum absolute atomic E-state index is 0.275. The van der Waals surface area contributed by atoms with E-state index in [9.17, 15) is 14.4 Å². The highest BCUT2D eigenvalue weighted by atomic mass is 16.2. The molecule has 31 heavy (non-hydrogen) atoms. The Morgan fingerprint density at radius 1 is 0.742 bits per heavy atom. The van der Waals surface area contributed by atoms with Crippen LogP contribution in [-0.2, 0) is 17.6 Å². The Morgan fingerprint density at radius 2 is 1.26 bits per heavy atom. The van der Waals surface area contributed by atoms with Gasteiger partial charge in [0.1, 0.15) is 6.04 Å². The molecule has 3 aromatic carbocycles. The summed E-state index contributed by atoms with van der Waals surface area (Å²) in [6.45, 7) is 0.474. The first-order chi connectivity index (χ1) is 15.1. The minimum atomic E-state index is -0.897. The molecule has 0 saturated heterocycles. The van der Waals surface area contributed by atoms with Crippen LogP contribution in [0.25, 0.3) is 0 Å². The Hall–Kier alpha value is -3.73. The number of nitrogens with one attached hydrogen (secondary N) is 1. The van der Waals surface area contributed by atoms with Crippen molar-refractivity contribution in [1.82, 2.24) is 10.2 Å². The number of aryl methyl sites for hydroxylation is 1. The molecule has 0 saturated carbocycles. The molecule has 1 N–H and O–H groups in total. The first kappa shape index (κ1) is 20.5. The van der Waals surface area contributed by atoms with Crippen LogP contribution < -0.4 is 5.32 Å². The Kier molecular flexibility index (Phi) is 6.22. The van der Waals surface area contributed by atoms with E-state index in [1.165, 1.54) is 5.56 Å².